The van der Waals surface area contributed by atoms with Gasteiger partial charge in [0.15, 0.2) is 0 Å². The van der Waals surface area contributed by atoms with Crippen molar-refractivity contribution in [3.63, 3.8) is 0 Å². The van der Waals surface area contributed by atoms with Crippen LogP contribution in [0, 0.1) is 0 Å². The minimum Gasteiger partial charge on any atom is -0.311 e. The first kappa shape index (κ1) is 38.6. The molecule has 0 radical (unpaired) electrons. The van der Waals surface area contributed by atoms with E-state index >= 15 is 0 Å². The number of hydrogen-bond acceptors (Lipinski definition) is 3. The normalized spacial score (nSPS) is 28.2. The van der Waals surface area contributed by atoms with Gasteiger partial charge in [-0.05, 0) is 218 Å². The quantitative estimate of drug-likeness (QED) is 0.163. The van der Waals surface area contributed by atoms with Crippen LogP contribution in [0.5, 0.6) is 0 Å². The van der Waals surface area contributed by atoms with Gasteiger partial charge in [0, 0.05) is 43.3 Å². The summed E-state index contributed by atoms with van der Waals surface area (Å²) in [4.78, 5) is 5.07. The topological polar surface area (TPSA) is 6.48 Å². The molecule has 0 N–H and O–H groups in total. The molecule has 7 aliphatic carbocycles. The first-order chi connectivity index (χ1) is 35.3. The Hall–Kier alpha value is -5.06. The minimum atomic E-state index is -0.376. The van der Waals surface area contributed by atoms with Crippen LogP contribution in [-0.2, 0) is 37.9 Å². The third kappa shape index (κ3) is 5.86. The number of nitrogens with zero attached hydrogens (tertiary/aromatic N) is 2. The highest BCUT2D eigenvalue weighted by Crippen LogP contribution is 2.61. The zero-order chi connectivity index (χ0) is 52.6. The molecule has 2 fully saturated rings. The van der Waals surface area contributed by atoms with Crippen LogP contribution in [-0.4, -0.2) is 6.71 Å². The molecule has 16 rings (SSSR count). The van der Waals surface area contributed by atoms with E-state index in [-0.39, 0.29) is 80.4 Å². The van der Waals surface area contributed by atoms with E-state index in [0.29, 0.717) is 5.56 Å². The second-order valence-electron chi connectivity index (χ2n) is 26.7. The highest BCUT2D eigenvalue weighted by molar-refractivity contribution is 7.33. The van der Waals surface area contributed by atoms with E-state index in [1.54, 1.807) is 5.56 Å². The average molecular weight is 940 g/mol. The number of fused-ring (bicyclic) bond motifs is 11. The summed E-state index contributed by atoms with van der Waals surface area (Å²) >= 11 is 2.00. The molecule has 354 valence electrons. The molecule has 0 unspecified atom stereocenters. The molecular weight excluding hydrogens is 864 g/mol. The maximum absolute atomic E-state index is 9.56. The second-order valence-corrected chi connectivity index (χ2v) is 27.8. The zero-order valence-corrected chi connectivity index (χ0v) is 44.3. The van der Waals surface area contributed by atoms with Crippen LogP contribution < -0.4 is 25.5 Å². The predicted octanol–water partition coefficient (Wildman–Crippen LogP) is 16.5. The van der Waals surface area contributed by atoms with Gasteiger partial charge in [0.05, 0.1) is 12.5 Å². The lowest BCUT2D eigenvalue weighted by Gasteiger charge is -2.53. The summed E-state index contributed by atoms with van der Waals surface area (Å²) in [7, 11) is 0. The molecule has 0 spiro atoms. The van der Waals surface area contributed by atoms with Crippen LogP contribution in [0.1, 0.15) is 186 Å². The third-order valence-corrected chi connectivity index (χ3v) is 21.5. The van der Waals surface area contributed by atoms with Gasteiger partial charge >= 0.3 is 0 Å². The van der Waals surface area contributed by atoms with Crippen LogP contribution in [0.4, 0.5) is 34.1 Å². The fraction of sp³-hybridized carbons (Fsp3) is 0.424. The summed E-state index contributed by atoms with van der Waals surface area (Å²) < 4.78 is 48.6. The molecular formula is C66H71BN2S. The summed E-state index contributed by atoms with van der Waals surface area (Å²) in [6.45, 7) is 26.4. The molecule has 0 atom stereocenters. The molecule has 2 saturated carbocycles. The third-order valence-electron chi connectivity index (χ3n) is 20.3. The van der Waals surface area contributed by atoms with E-state index in [0.717, 1.165) is 35.6 Å². The standard InChI is InChI=1S/C66H71BN2S/c1-60(2,3)42-17-19-43(20-18-42)68-53-38-50-49(64(9)27-29-65(50,10)30-28-64)37-52(53)67-57-54(68)33-41(40-15-13-12-14-16-40)34-55(57)69(44-21-22-46-47(35-44)62(6,7)24-23-61(46,4)5)58-45-36-48-51(39-56(45)70-59(58)67)66(11)31-25-63(48,8)26-32-66/h12-22,33-39H,23-32H2,1-11H3/i12D,13D,14D,15D,16D. The van der Waals surface area contributed by atoms with E-state index in [2.05, 4.69) is 165 Å². The lowest BCUT2D eigenvalue weighted by molar-refractivity contribution is 0.188. The van der Waals surface area contributed by atoms with Crippen molar-refractivity contribution in [3.8, 4) is 11.1 Å². The maximum Gasteiger partial charge on any atom is 0.264 e. The smallest absolute Gasteiger partial charge is 0.264 e. The van der Waals surface area contributed by atoms with Crippen LogP contribution in [0.2, 0.25) is 0 Å². The van der Waals surface area contributed by atoms with Crippen molar-refractivity contribution in [2.75, 3.05) is 9.80 Å². The number of benzene rings is 6. The summed E-state index contributed by atoms with van der Waals surface area (Å²) in [5.74, 6) is 0. The average Bonchev–Trinajstić information content (AvgIpc) is 3.90. The van der Waals surface area contributed by atoms with E-state index in [1.807, 2.05) is 11.3 Å². The van der Waals surface area contributed by atoms with Crippen LogP contribution in [0.25, 0.3) is 21.2 Å². The summed E-state index contributed by atoms with van der Waals surface area (Å²) in [6, 6.07) is 30.0. The van der Waals surface area contributed by atoms with Crippen molar-refractivity contribution in [2.24, 2.45) is 0 Å². The van der Waals surface area contributed by atoms with Crippen molar-refractivity contribution in [2.45, 2.75) is 178 Å². The Morgan fingerprint density at radius 3 is 1.63 bits per heavy atom. The highest BCUT2D eigenvalue weighted by Gasteiger charge is 2.53. The molecule has 4 heteroatoms. The van der Waals surface area contributed by atoms with Gasteiger partial charge in [-0.25, -0.2) is 0 Å². The number of hydrogen-bond donors (Lipinski definition) is 0. The Morgan fingerprint density at radius 2 is 1.03 bits per heavy atom. The van der Waals surface area contributed by atoms with Gasteiger partial charge in [-0.2, -0.15) is 0 Å². The molecule has 0 amide bonds. The maximum atomic E-state index is 9.56. The number of rotatable bonds is 3. The lowest BCUT2D eigenvalue weighted by Crippen LogP contribution is -2.61. The Kier molecular flexibility index (Phi) is 7.67. The summed E-state index contributed by atoms with van der Waals surface area (Å²) in [5.41, 5.74) is 20.4. The lowest BCUT2D eigenvalue weighted by atomic mass is 9.35. The molecule has 7 aromatic rings. The highest BCUT2D eigenvalue weighted by atomic mass is 32.1. The summed E-state index contributed by atoms with van der Waals surface area (Å²) in [5, 5.41) is 1.29. The zero-order valence-electron chi connectivity index (χ0n) is 48.5. The molecule has 3 heterocycles. The molecule has 70 heavy (non-hydrogen) atoms. The van der Waals surface area contributed by atoms with Crippen LogP contribution >= 0.6 is 11.3 Å². The predicted molar refractivity (Wildman–Crippen MR) is 302 cm³/mol. The van der Waals surface area contributed by atoms with Gasteiger partial charge in [0.2, 0.25) is 0 Å². The molecule has 0 saturated heterocycles. The minimum absolute atomic E-state index is 0.0274. The van der Waals surface area contributed by atoms with Crippen molar-refractivity contribution in [1.29, 1.82) is 0 Å². The van der Waals surface area contributed by atoms with Crippen LogP contribution in [0.3, 0.4) is 0 Å². The molecule has 1 aromatic heterocycles. The van der Waals surface area contributed by atoms with Gasteiger partial charge < -0.3 is 9.80 Å². The molecule has 2 aliphatic heterocycles. The van der Waals surface area contributed by atoms with Crippen molar-refractivity contribution in [1.82, 2.24) is 0 Å². The monoisotopic (exact) mass is 940 g/mol. The fourth-order valence-electron chi connectivity index (χ4n) is 15.3. The van der Waals surface area contributed by atoms with Gasteiger partial charge in [-0.15, -0.1) is 11.3 Å². The van der Waals surface area contributed by atoms with Crippen LogP contribution in [0.15, 0.2) is 109 Å². The first-order valence-corrected chi connectivity index (χ1v) is 27.5. The molecule has 2 nitrogen and oxygen atoms in total. The van der Waals surface area contributed by atoms with Gasteiger partial charge in [0.25, 0.3) is 6.71 Å². The summed E-state index contributed by atoms with van der Waals surface area (Å²) in [6.07, 6.45) is 11.8. The van der Waals surface area contributed by atoms with Crippen molar-refractivity contribution < 1.29 is 6.85 Å². The SMILES string of the molecule is [2H]c1c([2H])c([2H])c(-c2cc3c4c(c2)N(c2ccc5c(c2)C(C)(C)CCC5(C)C)c2c(sc5cc6c(cc25)C2(C)CCC6(C)CC2)B4c2cc4c(cc2N3c2ccc(C(C)(C)C)cc2)C2(C)CCC4(C)CC2)c([2H])c1[2H]. The Morgan fingerprint density at radius 1 is 0.500 bits per heavy atom. The van der Waals surface area contributed by atoms with Crippen molar-refractivity contribution >= 4 is 78.0 Å². The second kappa shape index (κ2) is 13.9. The van der Waals surface area contributed by atoms with Gasteiger partial charge in [-0.1, -0.05) is 131 Å². The number of anilines is 6. The van der Waals surface area contributed by atoms with Crippen molar-refractivity contribution in [3.05, 3.63) is 148 Å². The molecule has 9 aliphatic rings. The van der Waals surface area contributed by atoms with E-state index in [9.17, 15) is 2.74 Å². The fourth-order valence-corrected chi connectivity index (χ4v) is 16.6. The first-order valence-electron chi connectivity index (χ1n) is 29.2. The Bertz CT molecular complexity index is 3660. The number of thiophene rings is 1. The van der Waals surface area contributed by atoms with Gasteiger partial charge in [-0.3, -0.25) is 0 Å². The Balaban J connectivity index is 1.15. The van der Waals surface area contributed by atoms with E-state index < -0.39 is 0 Å². The molecule has 6 aromatic carbocycles. The Labute approximate surface area is 430 Å². The van der Waals surface area contributed by atoms with Gasteiger partial charge in [0.1, 0.15) is 0 Å². The van der Waals surface area contributed by atoms with E-state index in [1.165, 1.54) is 122 Å². The molecule has 4 bridgehead atoms. The largest absolute Gasteiger partial charge is 0.311 e. The van der Waals surface area contributed by atoms with E-state index in [4.69, 9.17) is 4.11 Å².